The Morgan fingerprint density at radius 3 is 2.36 bits per heavy atom. The molecule has 42 heavy (non-hydrogen) atoms. The molecule has 1 aliphatic rings. The van der Waals surface area contributed by atoms with E-state index < -0.39 is 32.1 Å². The molecule has 14 heteroatoms. The van der Waals surface area contributed by atoms with E-state index in [9.17, 15) is 31.8 Å². The molecule has 234 valence electrons. The second-order valence-electron chi connectivity index (χ2n) is 10.3. The van der Waals surface area contributed by atoms with E-state index in [1.54, 1.807) is 37.3 Å². The molecule has 0 aromatic heterocycles. The summed E-state index contributed by atoms with van der Waals surface area (Å²) in [4.78, 5) is 14.3. The van der Waals surface area contributed by atoms with Crippen molar-refractivity contribution in [2.45, 2.75) is 56.6 Å². The van der Waals surface area contributed by atoms with Crippen molar-refractivity contribution in [3.05, 3.63) is 48.0 Å². The average Bonchev–Trinajstić information content (AvgIpc) is 2.95. The number of phenolic OH excluding ortho intramolecular Hbond substituents is 1. The first-order chi connectivity index (χ1) is 19.8. The van der Waals surface area contributed by atoms with Crippen LogP contribution >= 0.6 is 0 Å². The summed E-state index contributed by atoms with van der Waals surface area (Å²) < 4.78 is 58.0. The average molecular weight is 627 g/mol. The standard InChI is InChI=1S/C28H42N4O8S2/c1-4-6-15-32(20-28(35)40-5-2)42(38,39)24-10-8-23(9-11-24)31-16-13-22(14-17-31)29-19-27(34)21-7-12-26(33)25(18-21)30-41(3,36)37/h7-12,18,22,27,29-30,33-34H,4-6,13-17,19-20H2,1-3H3/t27-/m1/s1. The first kappa shape index (κ1) is 33.6. The van der Waals surface area contributed by atoms with Crippen LogP contribution in [-0.4, -0.2) is 89.0 Å². The number of phenols is 1. The number of nitrogens with one attached hydrogen (secondary N) is 2. The molecule has 0 aliphatic carbocycles. The highest BCUT2D eigenvalue weighted by Crippen LogP contribution is 2.28. The lowest BCUT2D eigenvalue weighted by molar-refractivity contribution is -0.143. The Kier molecular flexibility index (Phi) is 12.0. The van der Waals surface area contributed by atoms with Crippen LogP contribution < -0.4 is 14.9 Å². The molecule has 4 N–H and O–H groups in total. The number of unbranched alkanes of at least 4 members (excludes halogenated alkanes) is 1. The highest BCUT2D eigenvalue weighted by molar-refractivity contribution is 7.92. The molecule has 2 aromatic carbocycles. The van der Waals surface area contributed by atoms with E-state index in [-0.39, 0.29) is 48.6 Å². The lowest BCUT2D eigenvalue weighted by Gasteiger charge is -2.34. The van der Waals surface area contributed by atoms with Gasteiger partial charge in [0.15, 0.2) is 0 Å². The van der Waals surface area contributed by atoms with E-state index in [1.165, 1.54) is 16.4 Å². The van der Waals surface area contributed by atoms with E-state index in [0.717, 1.165) is 44.3 Å². The molecule has 3 rings (SSSR count). The molecular formula is C28H42N4O8S2. The third-order valence-corrected chi connectivity index (χ3v) is 9.46. The number of piperidine rings is 1. The zero-order valence-electron chi connectivity index (χ0n) is 24.3. The van der Waals surface area contributed by atoms with Crippen LogP contribution in [0.15, 0.2) is 47.4 Å². The number of aliphatic hydroxyl groups excluding tert-OH is 1. The van der Waals surface area contributed by atoms with Crippen molar-refractivity contribution in [2.75, 3.05) is 55.2 Å². The largest absolute Gasteiger partial charge is 0.506 e. The quantitative estimate of drug-likeness (QED) is 0.170. The van der Waals surface area contributed by atoms with Crippen LogP contribution in [0, 0.1) is 0 Å². The summed E-state index contributed by atoms with van der Waals surface area (Å²) in [5, 5.41) is 23.9. The topological polar surface area (TPSA) is 166 Å². The summed E-state index contributed by atoms with van der Waals surface area (Å²) in [6.45, 7) is 5.45. The van der Waals surface area contributed by atoms with Crippen LogP contribution in [0.3, 0.4) is 0 Å². The fraction of sp³-hybridized carbons (Fsp3) is 0.536. The number of benzene rings is 2. The molecule has 1 atom stereocenters. The van der Waals surface area contributed by atoms with Gasteiger partial charge in [-0.1, -0.05) is 19.4 Å². The van der Waals surface area contributed by atoms with Crippen molar-refractivity contribution in [1.82, 2.24) is 9.62 Å². The maximum absolute atomic E-state index is 13.3. The van der Waals surface area contributed by atoms with Crippen molar-refractivity contribution in [3.8, 4) is 5.75 Å². The summed E-state index contributed by atoms with van der Waals surface area (Å²) in [5.74, 6) is -0.803. The highest BCUT2D eigenvalue weighted by atomic mass is 32.2. The highest BCUT2D eigenvalue weighted by Gasteiger charge is 2.27. The molecule has 12 nitrogen and oxygen atoms in total. The van der Waals surface area contributed by atoms with Crippen LogP contribution in [-0.2, 0) is 29.6 Å². The predicted molar refractivity (Wildman–Crippen MR) is 162 cm³/mol. The number of ether oxygens (including phenoxy) is 1. The number of carbonyl (C=O) groups is 1. The fourth-order valence-corrected chi connectivity index (χ4v) is 6.71. The Bertz CT molecular complexity index is 1390. The van der Waals surface area contributed by atoms with Gasteiger partial charge in [-0.05, 0) is 68.1 Å². The minimum atomic E-state index is -3.86. The van der Waals surface area contributed by atoms with Crippen molar-refractivity contribution in [2.24, 2.45) is 0 Å². The van der Waals surface area contributed by atoms with Crippen LogP contribution in [0.4, 0.5) is 11.4 Å². The third kappa shape index (κ3) is 9.56. The molecule has 0 unspecified atom stereocenters. The number of aromatic hydroxyl groups is 1. The minimum Gasteiger partial charge on any atom is -0.506 e. The molecule has 0 amide bonds. The van der Waals surface area contributed by atoms with Gasteiger partial charge >= 0.3 is 5.97 Å². The Labute approximate surface area is 248 Å². The van der Waals surface area contributed by atoms with Crippen molar-refractivity contribution in [1.29, 1.82) is 0 Å². The van der Waals surface area contributed by atoms with Gasteiger partial charge in [0.2, 0.25) is 20.0 Å². The van der Waals surface area contributed by atoms with Crippen molar-refractivity contribution < 1.29 is 36.6 Å². The predicted octanol–water partition coefficient (Wildman–Crippen LogP) is 2.41. The molecule has 1 fully saturated rings. The Morgan fingerprint density at radius 1 is 1.10 bits per heavy atom. The van der Waals surface area contributed by atoms with Gasteiger partial charge in [-0.15, -0.1) is 0 Å². The lowest BCUT2D eigenvalue weighted by atomic mass is 10.0. The zero-order chi connectivity index (χ0) is 30.9. The summed E-state index contributed by atoms with van der Waals surface area (Å²) in [5.41, 5.74) is 1.37. The maximum atomic E-state index is 13.3. The van der Waals surface area contributed by atoms with Gasteiger partial charge in [0, 0.05) is 37.9 Å². The molecule has 0 radical (unpaired) electrons. The van der Waals surface area contributed by atoms with Gasteiger partial charge < -0.3 is 25.2 Å². The first-order valence-corrected chi connectivity index (χ1v) is 17.4. The molecular weight excluding hydrogens is 584 g/mol. The van der Waals surface area contributed by atoms with E-state index >= 15 is 0 Å². The van der Waals surface area contributed by atoms with Crippen LogP contribution in [0.5, 0.6) is 5.75 Å². The molecule has 0 bridgehead atoms. The van der Waals surface area contributed by atoms with Gasteiger partial charge in [-0.2, -0.15) is 4.31 Å². The fourth-order valence-electron chi connectivity index (χ4n) is 4.73. The molecule has 1 saturated heterocycles. The van der Waals surface area contributed by atoms with Crippen LogP contribution in [0.1, 0.15) is 51.2 Å². The second-order valence-corrected chi connectivity index (χ2v) is 14.0. The Morgan fingerprint density at radius 2 is 1.76 bits per heavy atom. The SMILES string of the molecule is CCCCN(CC(=O)OCC)S(=O)(=O)c1ccc(N2CCC(NC[C@@H](O)c3ccc(O)c(NS(C)(=O)=O)c3)CC2)cc1. The van der Waals surface area contributed by atoms with Crippen LogP contribution in [0.2, 0.25) is 0 Å². The number of nitrogens with zero attached hydrogens (tertiary/aromatic N) is 2. The summed E-state index contributed by atoms with van der Waals surface area (Å²) in [6, 6.07) is 11.1. The molecule has 0 spiro atoms. The van der Waals surface area contributed by atoms with Crippen LogP contribution in [0.25, 0.3) is 0 Å². The monoisotopic (exact) mass is 626 g/mol. The van der Waals surface area contributed by atoms with Gasteiger partial charge in [0.25, 0.3) is 0 Å². The van der Waals surface area contributed by atoms with E-state index in [1.807, 2.05) is 6.92 Å². The normalized spacial score (nSPS) is 15.5. The minimum absolute atomic E-state index is 0.00819. The third-order valence-electron chi connectivity index (χ3n) is 7.01. The number of sulfonamides is 2. The van der Waals surface area contributed by atoms with E-state index in [0.29, 0.717) is 12.0 Å². The second kappa shape index (κ2) is 15.0. The molecule has 1 aliphatic heterocycles. The number of hydrogen-bond acceptors (Lipinski definition) is 10. The number of hydrogen-bond donors (Lipinski definition) is 4. The van der Waals surface area contributed by atoms with Gasteiger partial charge in [-0.25, -0.2) is 16.8 Å². The van der Waals surface area contributed by atoms with Gasteiger partial charge in [-0.3, -0.25) is 9.52 Å². The summed E-state index contributed by atoms with van der Waals surface area (Å²) >= 11 is 0. The van der Waals surface area contributed by atoms with Gasteiger partial charge in [0.05, 0.1) is 29.5 Å². The number of esters is 1. The first-order valence-electron chi connectivity index (χ1n) is 14.1. The summed E-state index contributed by atoms with van der Waals surface area (Å²) in [6.07, 6.45) is 3.10. The lowest BCUT2D eigenvalue weighted by Crippen LogP contribution is -2.43. The number of aliphatic hydroxyl groups is 1. The Balaban J connectivity index is 1.55. The molecule has 2 aromatic rings. The number of carbonyl (C=O) groups excluding carboxylic acids is 1. The zero-order valence-corrected chi connectivity index (χ0v) is 26.0. The summed E-state index contributed by atoms with van der Waals surface area (Å²) in [7, 11) is -7.45. The van der Waals surface area contributed by atoms with E-state index in [4.69, 9.17) is 4.74 Å². The van der Waals surface area contributed by atoms with Gasteiger partial charge in [0.1, 0.15) is 12.3 Å². The van der Waals surface area contributed by atoms with E-state index in [2.05, 4.69) is 14.9 Å². The number of anilines is 2. The Hall–Kier alpha value is -2.91. The molecule has 0 saturated carbocycles. The maximum Gasteiger partial charge on any atom is 0.321 e. The smallest absolute Gasteiger partial charge is 0.321 e. The molecule has 1 heterocycles. The van der Waals surface area contributed by atoms with Crippen molar-refractivity contribution >= 4 is 37.4 Å². The van der Waals surface area contributed by atoms with Crippen molar-refractivity contribution in [3.63, 3.8) is 0 Å². The number of rotatable bonds is 15.